The average Bonchev–Trinajstić information content (AvgIpc) is 3.21. The highest BCUT2D eigenvalue weighted by molar-refractivity contribution is 5.97. The third kappa shape index (κ3) is 5.28. The maximum absolute atomic E-state index is 13.9. The summed E-state index contributed by atoms with van der Waals surface area (Å²) in [6, 6.07) is 17.0. The van der Waals surface area contributed by atoms with E-state index in [1.807, 2.05) is 66.4 Å². The van der Waals surface area contributed by atoms with Gasteiger partial charge in [0.2, 0.25) is 5.91 Å². The molecule has 4 amide bonds. The number of ether oxygens (including phenoxy) is 1. The molecule has 3 aliphatic heterocycles. The summed E-state index contributed by atoms with van der Waals surface area (Å²) in [7, 11) is 0. The van der Waals surface area contributed by atoms with Crippen molar-refractivity contribution < 1.29 is 19.1 Å². The van der Waals surface area contributed by atoms with Crippen molar-refractivity contribution in [2.75, 3.05) is 56.2 Å². The fourth-order valence-electron chi connectivity index (χ4n) is 5.81. The Morgan fingerprint density at radius 1 is 0.895 bits per heavy atom. The van der Waals surface area contributed by atoms with Gasteiger partial charge in [-0.1, -0.05) is 18.2 Å². The summed E-state index contributed by atoms with van der Waals surface area (Å²) in [5, 5.41) is 2.96. The summed E-state index contributed by atoms with van der Waals surface area (Å²) in [5.74, 6) is 0.767. The zero-order valence-electron chi connectivity index (χ0n) is 22.1. The van der Waals surface area contributed by atoms with E-state index in [0.717, 1.165) is 43.8 Å². The fraction of sp³-hybridized carbons (Fsp3) is 0.483. The second-order valence-corrected chi connectivity index (χ2v) is 10.3. The lowest BCUT2D eigenvalue weighted by Crippen LogP contribution is -2.58. The molecule has 0 aliphatic carbocycles. The van der Waals surface area contributed by atoms with Gasteiger partial charge in [0, 0.05) is 37.6 Å². The Kier molecular flexibility index (Phi) is 7.72. The predicted molar refractivity (Wildman–Crippen MR) is 146 cm³/mol. The summed E-state index contributed by atoms with van der Waals surface area (Å²) in [6.45, 7) is 5.44. The normalized spacial score (nSPS) is 19.1. The van der Waals surface area contributed by atoms with Crippen LogP contribution in [-0.2, 0) is 9.59 Å². The van der Waals surface area contributed by atoms with Crippen molar-refractivity contribution in [2.24, 2.45) is 0 Å². The first-order valence-electron chi connectivity index (χ1n) is 13.7. The fourth-order valence-corrected chi connectivity index (χ4v) is 5.81. The summed E-state index contributed by atoms with van der Waals surface area (Å²) < 4.78 is 5.47. The molecule has 202 valence electrons. The van der Waals surface area contributed by atoms with Gasteiger partial charge in [-0.2, -0.15) is 0 Å². The van der Waals surface area contributed by atoms with E-state index >= 15 is 0 Å². The molecule has 0 aromatic heterocycles. The maximum atomic E-state index is 13.9. The lowest BCUT2D eigenvalue weighted by atomic mass is 9.85. The zero-order valence-corrected chi connectivity index (χ0v) is 22.1. The number of carbonyl (C=O) groups excluding carboxylic acids is 3. The Hall–Kier alpha value is -3.75. The van der Waals surface area contributed by atoms with Crippen LogP contribution >= 0.6 is 0 Å². The van der Waals surface area contributed by atoms with E-state index in [9.17, 15) is 14.4 Å². The molecule has 1 N–H and O–H groups in total. The largest absolute Gasteiger partial charge is 0.494 e. The van der Waals surface area contributed by atoms with E-state index in [0.29, 0.717) is 44.9 Å². The number of benzene rings is 2. The first kappa shape index (κ1) is 25.9. The Morgan fingerprint density at radius 2 is 1.58 bits per heavy atom. The number of anilines is 2. The van der Waals surface area contributed by atoms with Gasteiger partial charge in [0.1, 0.15) is 17.8 Å². The van der Waals surface area contributed by atoms with Crippen molar-refractivity contribution in [3.05, 3.63) is 54.6 Å². The third-order valence-electron chi connectivity index (χ3n) is 7.91. The smallest absolute Gasteiger partial charge is 0.321 e. The average molecular weight is 520 g/mol. The summed E-state index contributed by atoms with van der Waals surface area (Å²) >= 11 is 0. The van der Waals surface area contributed by atoms with Crippen LogP contribution in [0.1, 0.15) is 39.0 Å². The van der Waals surface area contributed by atoms with Crippen LogP contribution in [0.15, 0.2) is 54.6 Å². The van der Waals surface area contributed by atoms with E-state index in [1.54, 1.807) is 9.80 Å². The SMILES string of the molecule is CCOc1ccc(NC(=O)N2CCC3(CC2)C(=O)N(CC(=O)N2CCCCC2)CN3c2ccccc2)cc1. The molecule has 9 heteroatoms. The lowest BCUT2D eigenvalue weighted by Gasteiger charge is -2.43. The van der Waals surface area contributed by atoms with Crippen LogP contribution in [0.25, 0.3) is 0 Å². The monoisotopic (exact) mass is 519 g/mol. The molecule has 2 aromatic carbocycles. The number of carbonyl (C=O) groups is 3. The molecule has 0 unspecified atom stereocenters. The highest BCUT2D eigenvalue weighted by Gasteiger charge is 2.54. The molecule has 0 atom stereocenters. The molecule has 2 aromatic rings. The number of para-hydroxylation sites is 1. The number of rotatable bonds is 6. The van der Waals surface area contributed by atoms with Crippen molar-refractivity contribution in [3.8, 4) is 5.75 Å². The number of likely N-dealkylation sites (tertiary alicyclic amines) is 2. The van der Waals surface area contributed by atoms with Crippen molar-refractivity contribution in [1.29, 1.82) is 0 Å². The van der Waals surface area contributed by atoms with Gasteiger partial charge < -0.3 is 29.7 Å². The number of urea groups is 1. The minimum Gasteiger partial charge on any atom is -0.494 e. The van der Waals surface area contributed by atoms with Gasteiger partial charge in [0.15, 0.2) is 0 Å². The minimum absolute atomic E-state index is 0.0155. The second-order valence-electron chi connectivity index (χ2n) is 10.3. The molecule has 0 saturated carbocycles. The Bertz CT molecular complexity index is 1130. The van der Waals surface area contributed by atoms with E-state index in [2.05, 4.69) is 10.2 Å². The number of nitrogens with one attached hydrogen (secondary N) is 1. The van der Waals surface area contributed by atoms with Crippen LogP contribution in [0.5, 0.6) is 5.75 Å². The zero-order chi connectivity index (χ0) is 26.5. The molecular weight excluding hydrogens is 482 g/mol. The van der Waals surface area contributed by atoms with E-state index in [4.69, 9.17) is 4.74 Å². The van der Waals surface area contributed by atoms with Crippen molar-refractivity contribution in [1.82, 2.24) is 14.7 Å². The minimum atomic E-state index is -0.764. The van der Waals surface area contributed by atoms with Crippen LogP contribution in [0, 0.1) is 0 Å². The number of hydrogen-bond acceptors (Lipinski definition) is 5. The number of nitrogens with zero attached hydrogens (tertiary/aromatic N) is 4. The number of piperidine rings is 2. The Balaban J connectivity index is 1.27. The van der Waals surface area contributed by atoms with E-state index in [1.165, 1.54) is 0 Å². The van der Waals surface area contributed by atoms with Crippen LogP contribution in [-0.4, -0.2) is 84.1 Å². The maximum Gasteiger partial charge on any atom is 0.321 e. The number of amides is 4. The quantitative estimate of drug-likeness (QED) is 0.628. The molecule has 3 fully saturated rings. The van der Waals surface area contributed by atoms with Gasteiger partial charge in [0.05, 0.1) is 13.3 Å². The molecule has 3 aliphatic rings. The Morgan fingerprint density at radius 3 is 2.24 bits per heavy atom. The molecule has 38 heavy (non-hydrogen) atoms. The van der Waals surface area contributed by atoms with Gasteiger partial charge in [0.25, 0.3) is 5.91 Å². The van der Waals surface area contributed by atoms with Gasteiger partial charge in [-0.05, 0) is 75.4 Å². The molecule has 0 radical (unpaired) electrons. The molecule has 5 rings (SSSR count). The highest BCUT2D eigenvalue weighted by Crippen LogP contribution is 2.39. The third-order valence-corrected chi connectivity index (χ3v) is 7.91. The molecular formula is C29H37N5O4. The molecule has 3 heterocycles. The second kappa shape index (κ2) is 11.3. The van der Waals surface area contributed by atoms with Crippen molar-refractivity contribution in [2.45, 2.75) is 44.6 Å². The van der Waals surface area contributed by atoms with Gasteiger partial charge in [-0.25, -0.2) is 4.79 Å². The van der Waals surface area contributed by atoms with Crippen LogP contribution in [0.4, 0.5) is 16.2 Å². The van der Waals surface area contributed by atoms with Gasteiger partial charge in [-0.3, -0.25) is 9.59 Å². The number of hydrogen-bond donors (Lipinski definition) is 1. The van der Waals surface area contributed by atoms with Crippen LogP contribution < -0.4 is 15.0 Å². The standard InChI is InChI=1S/C29H37N5O4/c1-2-38-25-13-11-23(12-14-25)30-28(37)32-19-15-29(16-20-32)27(36)33(21-26(35)31-17-7-4-8-18-31)22-34(29)24-9-5-3-6-10-24/h3,5-6,9-14H,2,4,7-8,15-22H2,1H3,(H,30,37). The molecule has 0 bridgehead atoms. The summed E-state index contributed by atoms with van der Waals surface area (Å²) in [4.78, 5) is 47.5. The van der Waals surface area contributed by atoms with Crippen LogP contribution in [0.2, 0.25) is 0 Å². The van der Waals surface area contributed by atoms with E-state index < -0.39 is 5.54 Å². The first-order valence-corrected chi connectivity index (χ1v) is 13.7. The molecule has 1 spiro atoms. The van der Waals surface area contributed by atoms with Crippen LogP contribution in [0.3, 0.4) is 0 Å². The first-order chi connectivity index (χ1) is 18.5. The Labute approximate surface area is 224 Å². The predicted octanol–water partition coefficient (Wildman–Crippen LogP) is 3.77. The lowest BCUT2D eigenvalue weighted by molar-refractivity contribution is -0.141. The summed E-state index contributed by atoms with van der Waals surface area (Å²) in [5.41, 5.74) is 0.893. The topological polar surface area (TPSA) is 85.4 Å². The van der Waals surface area contributed by atoms with Gasteiger partial charge in [-0.15, -0.1) is 0 Å². The van der Waals surface area contributed by atoms with Crippen molar-refractivity contribution in [3.63, 3.8) is 0 Å². The van der Waals surface area contributed by atoms with Crippen molar-refractivity contribution >= 4 is 29.2 Å². The molecule has 9 nitrogen and oxygen atoms in total. The summed E-state index contributed by atoms with van der Waals surface area (Å²) in [6.07, 6.45) is 4.21. The highest BCUT2D eigenvalue weighted by atomic mass is 16.5. The van der Waals surface area contributed by atoms with E-state index in [-0.39, 0.29) is 24.4 Å². The van der Waals surface area contributed by atoms with Gasteiger partial charge >= 0.3 is 6.03 Å². The molecule has 3 saturated heterocycles.